The van der Waals surface area contributed by atoms with Gasteiger partial charge in [-0.25, -0.2) is 9.98 Å². The maximum Gasteiger partial charge on any atom is 0.261 e. The van der Waals surface area contributed by atoms with E-state index >= 15 is 0 Å². The summed E-state index contributed by atoms with van der Waals surface area (Å²) in [5, 5.41) is 19.0. The quantitative estimate of drug-likeness (QED) is 0.387. The lowest BCUT2D eigenvalue weighted by Gasteiger charge is -2.33. The standard InChI is InChI=1S/C29H29ClN6O2/c1-17-13-20(36-11-9-31-10-12-36)15-23-26(17)35-28(33-23)25-27(21-7-2-3-8-22(21)34-29(25)38)32-16-24(37)18-5-4-6-19(30)14-18/h2-8,13-14,24,31,37H,9-12,15-16H2,1H3,(H2,32,34,38)/t24-/m1/s1. The molecule has 1 aliphatic carbocycles. The number of para-hydroxylation sites is 1. The van der Waals surface area contributed by atoms with Crippen molar-refractivity contribution in [3.8, 4) is 0 Å². The summed E-state index contributed by atoms with van der Waals surface area (Å²) in [6.07, 6.45) is 2.05. The molecule has 1 saturated heterocycles. The third kappa shape index (κ3) is 4.67. The van der Waals surface area contributed by atoms with E-state index in [2.05, 4.69) is 26.6 Å². The van der Waals surface area contributed by atoms with Crippen LogP contribution >= 0.6 is 11.6 Å². The number of fused-ring (bicyclic) bond motifs is 2. The highest BCUT2D eigenvalue weighted by Crippen LogP contribution is 2.32. The number of benzene rings is 2. The van der Waals surface area contributed by atoms with Crippen LogP contribution in [-0.4, -0.2) is 59.3 Å². The lowest BCUT2D eigenvalue weighted by molar-refractivity contribution is 0.191. The number of amidine groups is 1. The van der Waals surface area contributed by atoms with E-state index in [0.717, 1.165) is 48.5 Å². The molecule has 6 rings (SSSR count). The number of H-pyrrole nitrogens is 1. The zero-order valence-corrected chi connectivity index (χ0v) is 21.8. The Morgan fingerprint density at radius 2 is 1.95 bits per heavy atom. The molecule has 0 amide bonds. The Morgan fingerprint density at radius 1 is 1.13 bits per heavy atom. The molecule has 3 aliphatic rings. The Balaban J connectivity index is 1.36. The number of nitrogens with zero attached hydrogens (tertiary/aromatic N) is 3. The van der Waals surface area contributed by atoms with Gasteiger partial charge < -0.3 is 25.6 Å². The summed E-state index contributed by atoms with van der Waals surface area (Å²) in [5.74, 6) is 0.385. The summed E-state index contributed by atoms with van der Waals surface area (Å²) in [7, 11) is 0. The number of allylic oxidation sites excluding steroid dienone is 4. The zero-order valence-electron chi connectivity index (χ0n) is 21.1. The van der Waals surface area contributed by atoms with E-state index in [0.29, 0.717) is 39.6 Å². The van der Waals surface area contributed by atoms with E-state index in [1.54, 1.807) is 18.2 Å². The molecule has 0 radical (unpaired) electrons. The topological polar surface area (TPSA) is 105 Å². The summed E-state index contributed by atoms with van der Waals surface area (Å²) < 4.78 is 0. The van der Waals surface area contributed by atoms with Gasteiger partial charge in [-0.15, -0.1) is 0 Å². The predicted molar refractivity (Wildman–Crippen MR) is 153 cm³/mol. The van der Waals surface area contributed by atoms with E-state index in [4.69, 9.17) is 21.6 Å². The Morgan fingerprint density at radius 3 is 2.76 bits per heavy atom. The third-order valence-electron chi connectivity index (χ3n) is 7.21. The number of aliphatic hydroxyl groups is 1. The van der Waals surface area contributed by atoms with Gasteiger partial charge in [-0.3, -0.25) is 4.79 Å². The van der Waals surface area contributed by atoms with Crippen molar-refractivity contribution in [2.45, 2.75) is 19.4 Å². The Kier molecular flexibility index (Phi) is 6.61. The maximum atomic E-state index is 13.4. The number of halogens is 1. The molecule has 1 aromatic heterocycles. The molecule has 2 aromatic carbocycles. The van der Waals surface area contributed by atoms with Crippen LogP contribution in [0.2, 0.25) is 5.02 Å². The van der Waals surface area contributed by atoms with Gasteiger partial charge in [0.15, 0.2) is 5.84 Å². The van der Waals surface area contributed by atoms with Gasteiger partial charge in [-0.1, -0.05) is 41.9 Å². The highest BCUT2D eigenvalue weighted by Gasteiger charge is 2.29. The average molecular weight is 529 g/mol. The lowest BCUT2D eigenvalue weighted by atomic mass is 9.99. The molecule has 0 spiro atoms. The summed E-state index contributed by atoms with van der Waals surface area (Å²) >= 11 is 6.13. The van der Waals surface area contributed by atoms with Gasteiger partial charge >= 0.3 is 0 Å². The van der Waals surface area contributed by atoms with E-state index < -0.39 is 6.10 Å². The molecule has 194 valence electrons. The number of nitrogens with one attached hydrogen (secondary N) is 3. The van der Waals surface area contributed by atoms with Crippen LogP contribution in [0.15, 0.2) is 86.4 Å². The van der Waals surface area contributed by atoms with Crippen molar-refractivity contribution in [3.05, 3.63) is 98.1 Å². The molecule has 1 atom stereocenters. The molecular weight excluding hydrogens is 500 g/mol. The largest absolute Gasteiger partial charge is 0.387 e. The fraction of sp³-hybridized carbons (Fsp3) is 0.276. The highest BCUT2D eigenvalue weighted by molar-refractivity contribution is 6.30. The molecule has 3 heterocycles. The van der Waals surface area contributed by atoms with Crippen molar-refractivity contribution in [1.29, 1.82) is 0 Å². The molecule has 38 heavy (non-hydrogen) atoms. The summed E-state index contributed by atoms with van der Waals surface area (Å²) in [4.78, 5) is 28.5. The second-order valence-corrected chi connectivity index (χ2v) is 10.2. The first-order valence-corrected chi connectivity index (χ1v) is 13.2. The van der Waals surface area contributed by atoms with Crippen LogP contribution in [0, 0.1) is 0 Å². The van der Waals surface area contributed by atoms with E-state index in [9.17, 15) is 9.90 Å². The molecule has 4 N–H and O–H groups in total. The SMILES string of the molecule is CC1=C2N=C(c3c(NC[C@@H](O)c4cccc(Cl)c4)c4ccccc4[nH]c3=O)N=C2CC(N2CCNCC2)=C1. The number of anilines is 1. The first-order valence-electron chi connectivity index (χ1n) is 12.8. The smallest absolute Gasteiger partial charge is 0.261 e. The monoisotopic (exact) mass is 528 g/mol. The molecule has 0 saturated carbocycles. The van der Waals surface area contributed by atoms with Gasteiger partial charge in [0.25, 0.3) is 5.56 Å². The number of aliphatic hydroxyl groups excluding tert-OH is 1. The van der Waals surface area contributed by atoms with Crippen molar-refractivity contribution >= 4 is 39.7 Å². The van der Waals surface area contributed by atoms with Crippen LogP contribution in [0.1, 0.15) is 30.6 Å². The normalized spacial score (nSPS) is 18.2. The molecular formula is C29H29ClN6O2. The Hall–Kier alpha value is -3.72. The number of hydrogen-bond acceptors (Lipinski definition) is 7. The molecule has 2 aliphatic heterocycles. The predicted octanol–water partition coefficient (Wildman–Crippen LogP) is 4.00. The van der Waals surface area contributed by atoms with E-state index in [1.165, 1.54) is 5.70 Å². The zero-order chi connectivity index (χ0) is 26.2. The van der Waals surface area contributed by atoms with Crippen molar-refractivity contribution in [2.24, 2.45) is 9.98 Å². The Labute approximate surface area is 225 Å². The van der Waals surface area contributed by atoms with Crippen molar-refractivity contribution in [3.63, 3.8) is 0 Å². The summed E-state index contributed by atoms with van der Waals surface area (Å²) in [5.41, 5.74) is 6.06. The van der Waals surface area contributed by atoms with Crippen LogP contribution in [0.25, 0.3) is 10.9 Å². The van der Waals surface area contributed by atoms with Crippen LogP contribution in [0.5, 0.6) is 0 Å². The van der Waals surface area contributed by atoms with Gasteiger partial charge in [0.05, 0.1) is 28.7 Å². The molecule has 9 heteroatoms. The fourth-order valence-corrected chi connectivity index (χ4v) is 5.49. The van der Waals surface area contributed by atoms with Crippen LogP contribution in [-0.2, 0) is 0 Å². The molecule has 8 nitrogen and oxygen atoms in total. The number of aliphatic imine (C=N–C) groups is 2. The fourth-order valence-electron chi connectivity index (χ4n) is 5.29. The summed E-state index contributed by atoms with van der Waals surface area (Å²) in [6, 6.07) is 14.7. The molecule has 3 aromatic rings. The minimum Gasteiger partial charge on any atom is -0.387 e. The highest BCUT2D eigenvalue weighted by atomic mass is 35.5. The van der Waals surface area contributed by atoms with Gasteiger partial charge in [0.2, 0.25) is 0 Å². The van der Waals surface area contributed by atoms with Gasteiger partial charge in [-0.2, -0.15) is 0 Å². The number of aromatic nitrogens is 1. The number of rotatable bonds is 6. The summed E-state index contributed by atoms with van der Waals surface area (Å²) in [6.45, 7) is 6.07. The number of pyridine rings is 1. The second kappa shape index (κ2) is 10.2. The number of aromatic amines is 1. The minimum absolute atomic E-state index is 0.182. The molecule has 1 fully saturated rings. The van der Waals surface area contributed by atoms with Crippen LogP contribution < -0.4 is 16.2 Å². The van der Waals surface area contributed by atoms with Gasteiger partial charge in [0, 0.05) is 55.3 Å². The Bertz CT molecular complexity index is 1600. The van der Waals surface area contributed by atoms with Crippen molar-refractivity contribution < 1.29 is 5.11 Å². The first-order chi connectivity index (χ1) is 18.5. The number of piperazine rings is 1. The van der Waals surface area contributed by atoms with Gasteiger partial charge in [0.1, 0.15) is 5.56 Å². The minimum atomic E-state index is -0.824. The third-order valence-corrected chi connectivity index (χ3v) is 7.45. The van der Waals surface area contributed by atoms with Crippen LogP contribution in [0.4, 0.5) is 5.69 Å². The lowest BCUT2D eigenvalue weighted by Crippen LogP contribution is -2.43. The van der Waals surface area contributed by atoms with Crippen LogP contribution in [0.3, 0.4) is 0 Å². The number of hydrogen-bond donors (Lipinski definition) is 4. The van der Waals surface area contributed by atoms with Crippen molar-refractivity contribution in [2.75, 3.05) is 38.0 Å². The van der Waals surface area contributed by atoms with Gasteiger partial charge in [-0.05, 0) is 42.3 Å². The second-order valence-electron chi connectivity index (χ2n) is 9.78. The first kappa shape index (κ1) is 24.6. The van der Waals surface area contributed by atoms with Crippen molar-refractivity contribution in [1.82, 2.24) is 15.2 Å². The van der Waals surface area contributed by atoms with E-state index in [-0.39, 0.29) is 12.1 Å². The van der Waals surface area contributed by atoms with E-state index in [1.807, 2.05) is 37.3 Å². The average Bonchev–Trinajstić information content (AvgIpc) is 3.36. The molecule has 0 unspecified atom stereocenters. The maximum absolute atomic E-state index is 13.4. The molecule has 0 bridgehead atoms.